The zero-order valence-electron chi connectivity index (χ0n) is 15.0. The molecule has 0 spiro atoms. The number of aromatic nitrogens is 1. The van der Waals surface area contributed by atoms with Gasteiger partial charge in [-0.25, -0.2) is 13.8 Å². The highest BCUT2D eigenvalue weighted by Crippen LogP contribution is 2.32. The van der Waals surface area contributed by atoms with Crippen molar-refractivity contribution in [2.75, 3.05) is 0 Å². The number of carbonyl (C=O) groups is 2. The van der Waals surface area contributed by atoms with Crippen molar-refractivity contribution >= 4 is 23.1 Å². The van der Waals surface area contributed by atoms with E-state index in [1.165, 1.54) is 18.3 Å². The smallest absolute Gasteiger partial charge is 0.314 e. The molecule has 2 aromatic carbocycles. The lowest BCUT2D eigenvalue weighted by Gasteiger charge is -2.25. The monoisotopic (exact) mass is 401 g/mol. The maximum Gasteiger partial charge on any atom is 0.314 e. The van der Waals surface area contributed by atoms with Crippen LogP contribution in [0.2, 0.25) is 0 Å². The number of hydrogen-bond acceptors (Lipinski definition) is 4. The number of Topliss-reactive ketones (excluding diaryl/α,β-unsaturated/α-hetero) is 1. The number of thiazole rings is 1. The third-order valence-electron chi connectivity index (χ3n) is 4.50. The van der Waals surface area contributed by atoms with Crippen LogP contribution < -0.4 is 0 Å². The van der Waals surface area contributed by atoms with E-state index in [2.05, 4.69) is 4.98 Å². The molecule has 4 nitrogen and oxygen atoms in total. The molecule has 1 heterocycles. The van der Waals surface area contributed by atoms with Gasteiger partial charge in [0.2, 0.25) is 0 Å². The number of aliphatic carboxylic acids is 1. The quantitative estimate of drug-likeness (QED) is 0.627. The first-order valence-electron chi connectivity index (χ1n) is 8.50. The number of halogens is 2. The molecule has 7 heteroatoms. The molecule has 0 aliphatic rings. The standard InChI is InChI=1S/C21H17F2NO3S/c1-21(20(26)27,17-9-14(22)7-8-18(17)23)11-16(25)10-15-12-28-19(24-15)13-5-3-2-4-6-13/h2-9,12H,10-11H2,1H3,(H,26,27). The van der Waals surface area contributed by atoms with E-state index in [1.54, 1.807) is 5.38 Å². The van der Waals surface area contributed by atoms with Gasteiger partial charge in [-0.2, -0.15) is 0 Å². The molecule has 0 aliphatic heterocycles. The SMILES string of the molecule is CC(CC(=O)Cc1csc(-c2ccccc2)n1)(C(=O)O)c1cc(F)ccc1F. The first-order valence-corrected chi connectivity index (χ1v) is 9.38. The molecule has 0 radical (unpaired) electrons. The average Bonchev–Trinajstić information content (AvgIpc) is 3.12. The van der Waals surface area contributed by atoms with Crippen LogP contribution >= 0.6 is 11.3 Å². The van der Waals surface area contributed by atoms with Gasteiger partial charge in [-0.1, -0.05) is 30.3 Å². The number of nitrogens with zero attached hydrogens (tertiary/aromatic N) is 1. The number of rotatable bonds is 7. The predicted octanol–water partition coefficient (Wildman–Crippen LogP) is 4.63. The van der Waals surface area contributed by atoms with Gasteiger partial charge in [0.05, 0.1) is 11.1 Å². The van der Waals surface area contributed by atoms with Gasteiger partial charge in [-0.05, 0) is 25.1 Å². The van der Waals surface area contributed by atoms with Crippen molar-refractivity contribution in [3.8, 4) is 10.6 Å². The molecule has 0 saturated heterocycles. The van der Waals surface area contributed by atoms with E-state index in [-0.39, 0.29) is 12.0 Å². The van der Waals surface area contributed by atoms with E-state index >= 15 is 0 Å². The lowest BCUT2D eigenvalue weighted by Crippen LogP contribution is -2.36. The van der Waals surface area contributed by atoms with Crippen LogP contribution in [-0.2, 0) is 21.4 Å². The number of carboxylic acids is 1. The summed E-state index contributed by atoms with van der Waals surface area (Å²) in [5, 5.41) is 12.1. The topological polar surface area (TPSA) is 67.3 Å². The van der Waals surface area contributed by atoms with Crippen molar-refractivity contribution in [1.29, 1.82) is 0 Å². The first-order chi connectivity index (χ1) is 13.3. The Hall–Kier alpha value is -2.93. The second kappa shape index (κ2) is 7.98. The van der Waals surface area contributed by atoms with E-state index in [9.17, 15) is 23.5 Å². The van der Waals surface area contributed by atoms with E-state index in [1.807, 2.05) is 30.3 Å². The number of carboxylic acid groups (broad SMARTS) is 1. The van der Waals surface area contributed by atoms with Crippen molar-refractivity contribution in [3.63, 3.8) is 0 Å². The molecule has 144 valence electrons. The second-order valence-electron chi connectivity index (χ2n) is 6.66. The molecule has 1 unspecified atom stereocenters. The zero-order chi connectivity index (χ0) is 20.3. The minimum absolute atomic E-state index is 0.0802. The number of benzene rings is 2. The van der Waals surface area contributed by atoms with Gasteiger partial charge in [0.15, 0.2) is 0 Å². The second-order valence-corrected chi connectivity index (χ2v) is 7.52. The van der Waals surface area contributed by atoms with Crippen molar-refractivity contribution in [3.05, 3.63) is 76.8 Å². The summed E-state index contributed by atoms with van der Waals surface area (Å²) in [6.45, 7) is 1.22. The van der Waals surface area contributed by atoms with Crippen LogP contribution in [0.15, 0.2) is 53.9 Å². The summed E-state index contributed by atoms with van der Waals surface area (Å²) in [6.07, 6.45) is -0.552. The van der Waals surface area contributed by atoms with Crippen LogP contribution in [0.25, 0.3) is 10.6 Å². The molecular weight excluding hydrogens is 384 g/mol. The molecule has 28 heavy (non-hydrogen) atoms. The Kier molecular flexibility index (Phi) is 5.65. The molecule has 0 fully saturated rings. The van der Waals surface area contributed by atoms with Crippen LogP contribution in [0, 0.1) is 11.6 Å². The zero-order valence-corrected chi connectivity index (χ0v) is 15.8. The van der Waals surface area contributed by atoms with E-state index < -0.39 is 35.2 Å². The fraction of sp³-hybridized carbons (Fsp3) is 0.190. The van der Waals surface area contributed by atoms with E-state index in [4.69, 9.17) is 0 Å². The minimum Gasteiger partial charge on any atom is -0.481 e. The van der Waals surface area contributed by atoms with E-state index in [0.29, 0.717) is 5.69 Å². The molecular formula is C21H17F2NO3S. The molecule has 3 rings (SSSR count). The van der Waals surface area contributed by atoms with Gasteiger partial charge in [0.25, 0.3) is 0 Å². The van der Waals surface area contributed by atoms with Crippen LogP contribution in [0.3, 0.4) is 0 Å². The number of carbonyl (C=O) groups excluding carboxylic acids is 1. The van der Waals surface area contributed by atoms with E-state index in [0.717, 1.165) is 28.8 Å². The third-order valence-corrected chi connectivity index (χ3v) is 5.44. The fourth-order valence-electron chi connectivity index (χ4n) is 2.97. The Balaban J connectivity index is 1.80. The Morgan fingerprint density at radius 2 is 1.86 bits per heavy atom. The predicted molar refractivity (Wildman–Crippen MR) is 102 cm³/mol. The van der Waals surface area contributed by atoms with Crippen LogP contribution in [0.1, 0.15) is 24.6 Å². The summed E-state index contributed by atoms with van der Waals surface area (Å²) in [6, 6.07) is 12.1. The van der Waals surface area contributed by atoms with Gasteiger partial charge >= 0.3 is 5.97 Å². The van der Waals surface area contributed by atoms with Crippen LogP contribution in [-0.4, -0.2) is 21.8 Å². The van der Waals surface area contributed by atoms with Gasteiger partial charge in [0, 0.05) is 29.3 Å². The summed E-state index contributed by atoms with van der Waals surface area (Å²) in [4.78, 5) is 28.8. The Morgan fingerprint density at radius 1 is 1.14 bits per heavy atom. The number of hydrogen-bond donors (Lipinski definition) is 1. The highest BCUT2D eigenvalue weighted by atomic mass is 32.1. The van der Waals surface area contributed by atoms with Gasteiger partial charge in [-0.15, -0.1) is 11.3 Å². The molecule has 0 saturated carbocycles. The van der Waals surface area contributed by atoms with Crippen molar-refractivity contribution in [2.45, 2.75) is 25.2 Å². The van der Waals surface area contributed by atoms with Gasteiger partial charge in [0.1, 0.15) is 22.4 Å². The summed E-state index contributed by atoms with van der Waals surface area (Å²) < 4.78 is 27.7. The summed E-state index contributed by atoms with van der Waals surface area (Å²) >= 11 is 1.38. The average molecular weight is 401 g/mol. The van der Waals surface area contributed by atoms with Crippen LogP contribution in [0.5, 0.6) is 0 Å². The van der Waals surface area contributed by atoms with Crippen molar-refractivity contribution in [2.24, 2.45) is 0 Å². The molecule has 1 atom stereocenters. The highest BCUT2D eigenvalue weighted by Gasteiger charge is 2.40. The summed E-state index contributed by atoms with van der Waals surface area (Å²) in [5.41, 5.74) is -0.789. The minimum atomic E-state index is -1.87. The Labute approximate surface area is 164 Å². The number of ketones is 1. The molecule has 3 aromatic rings. The van der Waals surface area contributed by atoms with Crippen LogP contribution in [0.4, 0.5) is 8.78 Å². The largest absolute Gasteiger partial charge is 0.481 e. The Bertz CT molecular complexity index is 1020. The molecule has 1 N–H and O–H groups in total. The molecule has 1 aromatic heterocycles. The highest BCUT2D eigenvalue weighted by molar-refractivity contribution is 7.13. The maximum absolute atomic E-state index is 14.1. The molecule has 0 aliphatic carbocycles. The third kappa shape index (κ3) is 4.14. The van der Waals surface area contributed by atoms with Gasteiger partial charge < -0.3 is 5.11 Å². The van der Waals surface area contributed by atoms with Crippen molar-refractivity contribution < 1.29 is 23.5 Å². The normalized spacial score (nSPS) is 13.1. The van der Waals surface area contributed by atoms with Crippen molar-refractivity contribution in [1.82, 2.24) is 4.98 Å². The maximum atomic E-state index is 14.1. The fourth-order valence-corrected chi connectivity index (χ4v) is 3.79. The molecule has 0 amide bonds. The summed E-state index contributed by atoms with van der Waals surface area (Å²) in [5.74, 6) is -3.44. The lowest BCUT2D eigenvalue weighted by atomic mass is 9.77. The van der Waals surface area contributed by atoms with Gasteiger partial charge in [-0.3, -0.25) is 9.59 Å². The molecule has 0 bridgehead atoms. The first kappa shape index (κ1) is 19.8. The summed E-state index contributed by atoms with van der Waals surface area (Å²) in [7, 11) is 0. The Morgan fingerprint density at radius 3 is 2.54 bits per heavy atom. The lowest BCUT2D eigenvalue weighted by molar-refractivity contribution is -0.145.